The van der Waals surface area contributed by atoms with Gasteiger partial charge in [-0.25, -0.2) is 15.0 Å². The van der Waals surface area contributed by atoms with Gasteiger partial charge in [0.15, 0.2) is 0 Å². The Bertz CT molecular complexity index is 669. The molecule has 0 fully saturated rings. The van der Waals surface area contributed by atoms with Crippen LogP contribution in [-0.2, 0) is 20.4 Å². The number of esters is 1. The van der Waals surface area contributed by atoms with Gasteiger partial charge in [-0.1, -0.05) is 0 Å². The van der Waals surface area contributed by atoms with Gasteiger partial charge in [-0.2, -0.15) is 0 Å². The molecule has 1 aromatic carbocycles. The molecule has 0 amide bonds. The number of halogens is 2. The van der Waals surface area contributed by atoms with Crippen LogP contribution < -0.4 is 5.50 Å². The topological polar surface area (TPSA) is 125 Å². The molecule has 12 heteroatoms. The highest BCUT2D eigenvalue weighted by atomic mass is 35.5. The van der Waals surface area contributed by atoms with Gasteiger partial charge in [-0.15, -0.1) is 23.2 Å². The molecule has 1 atom stereocenters. The molecule has 0 heterocycles. The van der Waals surface area contributed by atoms with Gasteiger partial charge in [-0.3, -0.25) is 14.7 Å². The van der Waals surface area contributed by atoms with Crippen LogP contribution in [0, 0.1) is 10.1 Å². The molecule has 0 aromatic heterocycles. The minimum absolute atomic E-state index is 0.186. The summed E-state index contributed by atoms with van der Waals surface area (Å²) in [5, 5.41) is 11.0. The van der Waals surface area contributed by atoms with Gasteiger partial charge in [0.05, 0.1) is 18.6 Å². The van der Waals surface area contributed by atoms with E-state index in [1.165, 1.54) is 16.8 Å². The lowest BCUT2D eigenvalue weighted by Crippen LogP contribution is -2.29. The molecular weight excluding hydrogens is 396 g/mol. The molecule has 9 nitrogen and oxygen atoms in total. The van der Waals surface area contributed by atoms with E-state index in [-0.39, 0.29) is 37.0 Å². The number of carbonyl (C=O) groups excluding carboxylic acids is 1. The zero-order valence-corrected chi connectivity index (χ0v) is 15.8. The molecule has 0 saturated heterocycles. The van der Waals surface area contributed by atoms with Gasteiger partial charge in [0.2, 0.25) is 0 Å². The third-order valence-corrected chi connectivity index (χ3v) is 5.18. The van der Waals surface area contributed by atoms with Crippen LogP contribution >= 0.6 is 30.9 Å². The largest absolute Gasteiger partial charge is 0.465 e. The van der Waals surface area contributed by atoms with Crippen LogP contribution in [0.25, 0.3) is 0 Å². The number of rotatable bonds is 10. The maximum atomic E-state index is 12.5. The van der Waals surface area contributed by atoms with Crippen LogP contribution in [0.1, 0.15) is 15.9 Å². The molecule has 1 rings (SSSR count). The van der Waals surface area contributed by atoms with Gasteiger partial charge in [0.1, 0.15) is 5.56 Å². The molecule has 1 aromatic rings. The zero-order chi connectivity index (χ0) is 19.0. The van der Waals surface area contributed by atoms with Crippen LogP contribution in [0.5, 0.6) is 0 Å². The zero-order valence-electron chi connectivity index (χ0n) is 13.4. The quantitative estimate of drug-likeness (QED) is 0.204. The Morgan fingerprint density at radius 2 is 1.96 bits per heavy atom. The predicted molar refractivity (Wildman–Crippen MR) is 94.0 cm³/mol. The summed E-state index contributed by atoms with van der Waals surface area (Å²) in [4.78, 5) is 22.0. The smallest absolute Gasteiger partial charge is 0.344 e. The Labute approximate surface area is 154 Å². The molecule has 0 aliphatic rings. The number of nitro groups is 1. The fourth-order valence-electron chi connectivity index (χ4n) is 1.94. The van der Waals surface area contributed by atoms with Crippen molar-refractivity contribution in [3.63, 3.8) is 0 Å². The summed E-state index contributed by atoms with van der Waals surface area (Å²) < 4.78 is 23.6. The number of alkyl halides is 2. The first-order valence-corrected chi connectivity index (χ1v) is 9.74. The van der Waals surface area contributed by atoms with Crippen molar-refractivity contribution >= 4 is 42.5 Å². The summed E-state index contributed by atoms with van der Waals surface area (Å²) >= 11 is 11.3. The molecule has 0 spiro atoms. The molecule has 2 N–H and O–H groups in total. The van der Waals surface area contributed by atoms with Crippen LogP contribution in [0.15, 0.2) is 18.2 Å². The summed E-state index contributed by atoms with van der Waals surface area (Å²) in [6, 6.07) is 3.75. The highest BCUT2D eigenvalue weighted by Crippen LogP contribution is 2.43. The molecule has 0 bridgehead atoms. The van der Waals surface area contributed by atoms with Crippen molar-refractivity contribution in [2.24, 2.45) is 5.50 Å². The molecule has 1 unspecified atom stereocenters. The first-order valence-electron chi connectivity index (χ1n) is 7.03. The van der Waals surface area contributed by atoms with E-state index in [1.807, 2.05) is 0 Å². The second-order valence-corrected chi connectivity index (χ2v) is 7.48. The van der Waals surface area contributed by atoms with Gasteiger partial charge >= 0.3 is 13.6 Å². The second-order valence-electron chi connectivity index (χ2n) is 4.77. The third-order valence-electron chi connectivity index (χ3n) is 3.16. The summed E-state index contributed by atoms with van der Waals surface area (Å²) in [6.07, 6.45) is 0. The lowest BCUT2D eigenvalue weighted by Gasteiger charge is -2.26. The van der Waals surface area contributed by atoms with E-state index in [4.69, 9.17) is 33.2 Å². The molecule has 140 valence electrons. The Morgan fingerprint density at radius 3 is 2.44 bits per heavy atom. The minimum Gasteiger partial charge on any atom is -0.465 e. The molecule has 0 radical (unpaired) electrons. The fourth-order valence-corrected chi connectivity index (χ4v) is 3.84. The highest BCUT2D eigenvalue weighted by Gasteiger charge is 2.27. The number of hydrogen-bond donors (Lipinski definition) is 1. The average molecular weight is 414 g/mol. The average Bonchev–Trinajstić information content (AvgIpc) is 2.58. The van der Waals surface area contributed by atoms with Crippen LogP contribution in [0.3, 0.4) is 0 Å². The van der Waals surface area contributed by atoms with E-state index in [2.05, 4.69) is 4.74 Å². The van der Waals surface area contributed by atoms with Crippen LogP contribution in [-0.4, -0.2) is 47.5 Å². The summed E-state index contributed by atoms with van der Waals surface area (Å²) in [6.45, 7) is 0.211. The minimum atomic E-state index is -3.66. The van der Waals surface area contributed by atoms with Crippen molar-refractivity contribution in [3.05, 3.63) is 39.4 Å². The number of nitrogens with two attached hydrogens (primary N) is 1. The van der Waals surface area contributed by atoms with Crippen LogP contribution in [0.2, 0.25) is 0 Å². The van der Waals surface area contributed by atoms with Crippen LogP contribution in [0.4, 0.5) is 5.69 Å². The van der Waals surface area contributed by atoms with E-state index in [0.29, 0.717) is 5.56 Å². The summed E-state index contributed by atoms with van der Waals surface area (Å²) in [5.41, 5.74) is 5.45. The number of carbonyl (C=O) groups is 1. The molecular formula is C13H18Cl2N3O6P. The van der Waals surface area contributed by atoms with Crippen molar-refractivity contribution in [1.29, 1.82) is 0 Å². The number of benzene rings is 1. The SMILES string of the molecule is COC(=O)c1cc(COP(N)(=O)N(CCCl)CCCl)ccc1[N+](=O)[O-]. The third kappa shape index (κ3) is 6.22. The van der Waals surface area contributed by atoms with Crippen molar-refractivity contribution in [2.75, 3.05) is 32.0 Å². The first kappa shape index (κ1) is 21.8. The molecule has 0 aliphatic heterocycles. The predicted octanol–water partition coefficient (Wildman–Crippen LogP) is 2.74. The van der Waals surface area contributed by atoms with Crippen molar-refractivity contribution in [2.45, 2.75) is 6.61 Å². The molecule has 25 heavy (non-hydrogen) atoms. The second kappa shape index (κ2) is 10.1. The maximum absolute atomic E-state index is 12.5. The highest BCUT2D eigenvalue weighted by molar-refractivity contribution is 7.53. The number of nitrogens with zero attached hydrogens (tertiary/aromatic N) is 2. The fraction of sp³-hybridized carbons (Fsp3) is 0.462. The first-order chi connectivity index (χ1) is 11.8. The normalized spacial score (nSPS) is 13.5. The molecule has 0 aliphatic carbocycles. The monoisotopic (exact) mass is 413 g/mol. The van der Waals surface area contributed by atoms with E-state index in [1.54, 1.807) is 0 Å². The van der Waals surface area contributed by atoms with E-state index >= 15 is 0 Å². The Kier molecular flexibility index (Phi) is 8.78. The summed E-state index contributed by atoms with van der Waals surface area (Å²) in [7, 11) is -2.55. The Morgan fingerprint density at radius 1 is 1.36 bits per heavy atom. The van der Waals surface area contributed by atoms with E-state index < -0.39 is 24.3 Å². The Hall–Kier alpha value is -1.22. The maximum Gasteiger partial charge on any atom is 0.344 e. The lowest BCUT2D eigenvalue weighted by molar-refractivity contribution is -0.385. The van der Waals surface area contributed by atoms with E-state index in [0.717, 1.165) is 13.2 Å². The number of nitro benzene ring substituents is 1. The number of hydrogen-bond acceptors (Lipinski definition) is 6. The van der Waals surface area contributed by atoms with Crippen molar-refractivity contribution in [1.82, 2.24) is 4.67 Å². The lowest BCUT2D eigenvalue weighted by atomic mass is 10.1. The van der Waals surface area contributed by atoms with Gasteiger partial charge in [-0.05, 0) is 17.7 Å². The Balaban J connectivity index is 2.97. The van der Waals surface area contributed by atoms with Crippen molar-refractivity contribution < 1.29 is 23.5 Å². The summed E-state index contributed by atoms with van der Waals surface area (Å²) in [5.74, 6) is -0.493. The number of ether oxygens (including phenoxy) is 1. The van der Waals surface area contributed by atoms with Gasteiger partial charge in [0, 0.05) is 30.9 Å². The standard InChI is InChI=1S/C13H18Cl2N3O6P/c1-23-13(19)11-8-10(2-3-12(11)18(20)21)9-24-25(16,22)17(6-4-14)7-5-15/h2-3,8H,4-7,9H2,1H3,(H2,16,22). The van der Waals surface area contributed by atoms with Gasteiger partial charge in [0.25, 0.3) is 5.69 Å². The van der Waals surface area contributed by atoms with Crippen molar-refractivity contribution in [3.8, 4) is 0 Å². The molecule has 0 saturated carbocycles. The van der Waals surface area contributed by atoms with Gasteiger partial charge < -0.3 is 9.26 Å². The van der Waals surface area contributed by atoms with E-state index in [9.17, 15) is 19.5 Å². The number of methoxy groups -OCH3 is 1.